The van der Waals surface area contributed by atoms with Crippen LogP contribution in [0.2, 0.25) is 0 Å². The van der Waals surface area contributed by atoms with Gasteiger partial charge in [-0.1, -0.05) is 6.42 Å². The summed E-state index contributed by atoms with van der Waals surface area (Å²) in [5.74, 6) is -0.135. The fourth-order valence-corrected chi connectivity index (χ4v) is 2.73. The Labute approximate surface area is 104 Å². The molecule has 4 nitrogen and oxygen atoms in total. The van der Waals surface area contributed by atoms with Crippen LogP contribution in [-0.2, 0) is 9.53 Å². The Kier molecular flexibility index (Phi) is 3.47. The summed E-state index contributed by atoms with van der Waals surface area (Å²) in [5.41, 5.74) is 0.839. The van der Waals surface area contributed by atoms with Crippen LogP contribution >= 0.6 is 11.3 Å². The van der Waals surface area contributed by atoms with Crippen LogP contribution in [0.15, 0.2) is 6.07 Å². The minimum atomic E-state index is -0.350. The number of nitrogens with one attached hydrogen (secondary N) is 1. The molecule has 1 aromatic rings. The van der Waals surface area contributed by atoms with Gasteiger partial charge in [0.2, 0.25) is 5.91 Å². The van der Waals surface area contributed by atoms with E-state index in [1.54, 1.807) is 0 Å². The molecule has 1 aromatic heterocycles. The van der Waals surface area contributed by atoms with Crippen LogP contribution in [0, 0.1) is 12.8 Å². The summed E-state index contributed by atoms with van der Waals surface area (Å²) in [4.78, 5) is 23.7. The maximum Gasteiger partial charge on any atom is 0.348 e. The van der Waals surface area contributed by atoms with Crippen molar-refractivity contribution in [3.63, 3.8) is 0 Å². The Bertz CT molecular complexity index is 449. The molecule has 0 spiro atoms. The van der Waals surface area contributed by atoms with E-state index < -0.39 is 0 Å². The molecule has 0 bridgehead atoms. The number of hydrogen-bond donors (Lipinski definition) is 1. The second-order valence-electron chi connectivity index (χ2n) is 4.23. The van der Waals surface area contributed by atoms with Crippen molar-refractivity contribution < 1.29 is 14.3 Å². The topological polar surface area (TPSA) is 55.4 Å². The van der Waals surface area contributed by atoms with E-state index in [0.717, 1.165) is 29.8 Å². The Balaban J connectivity index is 2.06. The minimum absolute atomic E-state index is 0.0638. The lowest BCUT2D eigenvalue weighted by atomic mass is 9.85. The number of aryl methyl sites for hydroxylation is 1. The maximum absolute atomic E-state index is 11.7. The zero-order valence-corrected chi connectivity index (χ0v) is 10.7. The zero-order chi connectivity index (χ0) is 12.4. The van der Waals surface area contributed by atoms with Gasteiger partial charge in [-0.25, -0.2) is 4.79 Å². The molecule has 92 valence electrons. The van der Waals surface area contributed by atoms with Crippen molar-refractivity contribution in [1.29, 1.82) is 0 Å². The maximum atomic E-state index is 11.7. The van der Waals surface area contributed by atoms with E-state index in [-0.39, 0.29) is 17.8 Å². The van der Waals surface area contributed by atoms with Gasteiger partial charge in [-0.3, -0.25) is 4.79 Å². The Hall–Kier alpha value is -1.36. The van der Waals surface area contributed by atoms with Gasteiger partial charge in [0.25, 0.3) is 0 Å². The minimum Gasteiger partial charge on any atom is -0.465 e. The molecular weight excluding hydrogens is 238 g/mol. The van der Waals surface area contributed by atoms with Crippen molar-refractivity contribution in [3.05, 3.63) is 16.5 Å². The third-order valence-electron chi connectivity index (χ3n) is 3.01. The van der Waals surface area contributed by atoms with E-state index in [9.17, 15) is 9.59 Å². The summed E-state index contributed by atoms with van der Waals surface area (Å²) < 4.78 is 4.67. The van der Waals surface area contributed by atoms with Gasteiger partial charge in [0.05, 0.1) is 12.1 Å². The summed E-state index contributed by atoms with van der Waals surface area (Å²) >= 11 is 1.27. The molecule has 0 saturated heterocycles. The number of esters is 1. The van der Waals surface area contributed by atoms with Crippen LogP contribution in [0.3, 0.4) is 0 Å². The van der Waals surface area contributed by atoms with Gasteiger partial charge in [-0.05, 0) is 31.4 Å². The molecule has 5 heteroatoms. The third-order valence-corrected chi connectivity index (χ3v) is 4.14. The second-order valence-corrected chi connectivity index (χ2v) is 5.28. The molecule has 1 N–H and O–H groups in total. The van der Waals surface area contributed by atoms with Crippen molar-refractivity contribution in [1.82, 2.24) is 0 Å². The zero-order valence-electron chi connectivity index (χ0n) is 9.91. The first kappa shape index (κ1) is 12.1. The lowest BCUT2D eigenvalue weighted by molar-refractivity contribution is -0.122. The lowest BCUT2D eigenvalue weighted by Gasteiger charge is -2.23. The molecule has 0 unspecified atom stereocenters. The molecule has 0 aromatic carbocycles. The highest BCUT2D eigenvalue weighted by Crippen LogP contribution is 2.31. The Morgan fingerprint density at radius 2 is 2.18 bits per heavy atom. The highest BCUT2D eigenvalue weighted by Gasteiger charge is 2.26. The van der Waals surface area contributed by atoms with Gasteiger partial charge in [0, 0.05) is 5.92 Å². The third kappa shape index (κ3) is 2.49. The van der Waals surface area contributed by atoms with E-state index in [1.807, 2.05) is 13.0 Å². The van der Waals surface area contributed by atoms with Crippen LogP contribution in [0.1, 0.15) is 34.5 Å². The highest BCUT2D eigenvalue weighted by molar-refractivity contribution is 7.18. The van der Waals surface area contributed by atoms with Gasteiger partial charge >= 0.3 is 5.97 Å². The van der Waals surface area contributed by atoms with E-state index in [4.69, 9.17) is 0 Å². The predicted molar refractivity (Wildman–Crippen MR) is 66.4 cm³/mol. The van der Waals surface area contributed by atoms with Gasteiger partial charge in [0.15, 0.2) is 0 Å². The standard InChI is InChI=1S/C12H15NO3S/c1-7-6-9(17-10(7)12(15)16-2)13-11(14)8-4-3-5-8/h6,8H,3-5H2,1-2H3,(H,13,14). The average Bonchev–Trinajstić information content (AvgIpc) is 2.55. The molecule has 1 aliphatic rings. The van der Waals surface area contributed by atoms with Gasteiger partial charge in [-0.15, -0.1) is 11.3 Å². The molecule has 0 atom stereocenters. The normalized spacial score (nSPS) is 15.2. The lowest BCUT2D eigenvalue weighted by Crippen LogP contribution is -2.27. The van der Waals surface area contributed by atoms with E-state index in [2.05, 4.69) is 10.1 Å². The molecule has 1 fully saturated rings. The number of methoxy groups -OCH3 is 1. The van der Waals surface area contributed by atoms with Gasteiger partial charge < -0.3 is 10.1 Å². The molecule has 1 aliphatic carbocycles. The molecule has 2 rings (SSSR count). The number of carbonyl (C=O) groups is 2. The number of amides is 1. The van der Waals surface area contributed by atoms with Crippen molar-refractivity contribution >= 4 is 28.2 Å². The van der Waals surface area contributed by atoms with Crippen molar-refractivity contribution in [2.75, 3.05) is 12.4 Å². The quantitative estimate of drug-likeness (QED) is 0.842. The van der Waals surface area contributed by atoms with Crippen LogP contribution in [0.4, 0.5) is 5.00 Å². The van der Waals surface area contributed by atoms with E-state index >= 15 is 0 Å². The monoisotopic (exact) mass is 253 g/mol. The number of thiophene rings is 1. The summed E-state index contributed by atoms with van der Waals surface area (Å²) in [5, 5.41) is 3.58. The smallest absolute Gasteiger partial charge is 0.348 e. The van der Waals surface area contributed by atoms with Crippen LogP contribution < -0.4 is 5.32 Å². The van der Waals surface area contributed by atoms with Crippen molar-refractivity contribution in [3.8, 4) is 0 Å². The van der Waals surface area contributed by atoms with Crippen LogP contribution in [-0.4, -0.2) is 19.0 Å². The Morgan fingerprint density at radius 3 is 2.71 bits per heavy atom. The number of ether oxygens (including phenoxy) is 1. The molecule has 1 heterocycles. The average molecular weight is 253 g/mol. The van der Waals surface area contributed by atoms with Gasteiger partial charge in [-0.2, -0.15) is 0 Å². The Morgan fingerprint density at radius 1 is 1.47 bits per heavy atom. The summed E-state index contributed by atoms with van der Waals surface area (Å²) in [6.07, 6.45) is 3.08. The largest absolute Gasteiger partial charge is 0.465 e. The molecule has 0 aliphatic heterocycles. The fourth-order valence-electron chi connectivity index (χ4n) is 1.73. The number of rotatable bonds is 3. The number of hydrogen-bond acceptors (Lipinski definition) is 4. The molecule has 1 saturated carbocycles. The van der Waals surface area contributed by atoms with Crippen LogP contribution in [0.5, 0.6) is 0 Å². The molecule has 0 radical (unpaired) electrons. The summed E-state index contributed by atoms with van der Waals surface area (Å²) in [7, 11) is 1.36. The first-order chi connectivity index (χ1) is 8.11. The first-order valence-corrected chi connectivity index (χ1v) is 6.43. The first-order valence-electron chi connectivity index (χ1n) is 5.61. The van der Waals surface area contributed by atoms with E-state index in [1.165, 1.54) is 18.4 Å². The number of anilines is 1. The van der Waals surface area contributed by atoms with Crippen LogP contribution in [0.25, 0.3) is 0 Å². The summed E-state index contributed by atoms with van der Waals surface area (Å²) in [6.45, 7) is 1.84. The second kappa shape index (κ2) is 4.87. The SMILES string of the molecule is COC(=O)c1sc(NC(=O)C2CCC2)cc1C. The van der Waals surface area contributed by atoms with E-state index in [0.29, 0.717) is 4.88 Å². The summed E-state index contributed by atoms with van der Waals surface area (Å²) in [6, 6.07) is 1.81. The molecule has 17 heavy (non-hydrogen) atoms. The highest BCUT2D eigenvalue weighted by atomic mass is 32.1. The molecular formula is C12H15NO3S. The fraction of sp³-hybridized carbons (Fsp3) is 0.500. The number of carbonyl (C=O) groups excluding carboxylic acids is 2. The van der Waals surface area contributed by atoms with Gasteiger partial charge in [0.1, 0.15) is 4.88 Å². The predicted octanol–water partition coefficient (Wildman–Crippen LogP) is 2.58. The molecule has 1 amide bonds. The van der Waals surface area contributed by atoms with Crippen molar-refractivity contribution in [2.45, 2.75) is 26.2 Å². The van der Waals surface area contributed by atoms with Crippen molar-refractivity contribution in [2.24, 2.45) is 5.92 Å².